The van der Waals surface area contributed by atoms with E-state index in [0.717, 1.165) is 45.3 Å². The summed E-state index contributed by atoms with van der Waals surface area (Å²) in [4.78, 5) is 27.6. The number of rotatable bonds is 3. The van der Waals surface area contributed by atoms with Crippen LogP contribution in [-0.4, -0.2) is 66.2 Å². The van der Waals surface area contributed by atoms with Crippen molar-refractivity contribution in [2.75, 3.05) is 33.2 Å². The molecule has 2 amide bonds. The predicted octanol–water partition coefficient (Wildman–Crippen LogP) is 1.22. The lowest BCUT2D eigenvalue weighted by Gasteiger charge is -2.29. The third-order valence-corrected chi connectivity index (χ3v) is 4.80. The Labute approximate surface area is 126 Å². The monoisotopic (exact) mass is 297 g/mol. The molecule has 2 N–H and O–H groups in total. The number of nitrogens with zero attached hydrogens (tertiary/aromatic N) is 2. The Bertz CT molecular complexity index is 388. The van der Waals surface area contributed by atoms with Crippen LogP contribution in [0.1, 0.15) is 32.6 Å². The Morgan fingerprint density at radius 2 is 2.00 bits per heavy atom. The van der Waals surface area contributed by atoms with Crippen LogP contribution in [-0.2, 0) is 4.79 Å². The van der Waals surface area contributed by atoms with E-state index < -0.39 is 5.97 Å². The van der Waals surface area contributed by atoms with Crippen molar-refractivity contribution in [3.05, 3.63) is 0 Å². The number of carboxylic acid groups (broad SMARTS) is 1. The second-order valence-electron chi connectivity index (χ2n) is 6.48. The maximum absolute atomic E-state index is 12.4. The van der Waals surface area contributed by atoms with Gasteiger partial charge < -0.3 is 20.2 Å². The maximum atomic E-state index is 12.4. The highest BCUT2D eigenvalue weighted by Crippen LogP contribution is 2.31. The van der Waals surface area contributed by atoms with Crippen LogP contribution in [0.4, 0.5) is 4.79 Å². The van der Waals surface area contributed by atoms with Gasteiger partial charge in [-0.1, -0.05) is 6.42 Å². The summed E-state index contributed by atoms with van der Waals surface area (Å²) in [6, 6.07) is 0.144. The normalized spacial score (nSPS) is 31.0. The molecule has 0 aromatic heterocycles. The summed E-state index contributed by atoms with van der Waals surface area (Å²) in [6.45, 7) is 5.21. The number of urea groups is 1. The molecule has 120 valence electrons. The van der Waals surface area contributed by atoms with Crippen LogP contribution in [0.5, 0.6) is 0 Å². The van der Waals surface area contributed by atoms with Gasteiger partial charge in [-0.2, -0.15) is 0 Å². The summed E-state index contributed by atoms with van der Waals surface area (Å²) in [5, 5.41) is 12.1. The molecule has 0 bridgehead atoms. The molecule has 0 spiro atoms. The van der Waals surface area contributed by atoms with Crippen molar-refractivity contribution in [2.24, 2.45) is 11.8 Å². The van der Waals surface area contributed by atoms with Gasteiger partial charge in [-0.25, -0.2) is 4.79 Å². The third kappa shape index (κ3) is 4.09. The SMILES string of the molecule is CC1CN(C)CCCN1C(=O)NCC1CCCC1C(=O)O. The van der Waals surface area contributed by atoms with Gasteiger partial charge in [-0.05, 0) is 45.7 Å². The van der Waals surface area contributed by atoms with E-state index in [0.29, 0.717) is 6.54 Å². The van der Waals surface area contributed by atoms with Crippen LogP contribution in [0.15, 0.2) is 0 Å². The molecule has 2 rings (SSSR count). The summed E-state index contributed by atoms with van der Waals surface area (Å²) < 4.78 is 0. The van der Waals surface area contributed by atoms with Crippen molar-refractivity contribution in [1.29, 1.82) is 0 Å². The van der Waals surface area contributed by atoms with Crippen molar-refractivity contribution in [3.63, 3.8) is 0 Å². The van der Waals surface area contributed by atoms with E-state index in [-0.39, 0.29) is 23.9 Å². The first kappa shape index (κ1) is 16.1. The molecule has 3 atom stereocenters. The fraction of sp³-hybridized carbons (Fsp3) is 0.867. The van der Waals surface area contributed by atoms with Gasteiger partial charge in [0.2, 0.25) is 0 Å². The zero-order valence-electron chi connectivity index (χ0n) is 13.0. The van der Waals surface area contributed by atoms with Crippen LogP contribution in [0.3, 0.4) is 0 Å². The second kappa shape index (κ2) is 7.11. The zero-order valence-corrected chi connectivity index (χ0v) is 13.0. The Balaban J connectivity index is 1.85. The highest BCUT2D eigenvalue weighted by atomic mass is 16.4. The van der Waals surface area contributed by atoms with E-state index in [2.05, 4.69) is 24.2 Å². The molecule has 0 aromatic rings. The smallest absolute Gasteiger partial charge is 0.317 e. The molecular weight excluding hydrogens is 270 g/mol. The number of carbonyl (C=O) groups is 2. The number of carboxylic acids is 1. The molecule has 1 saturated carbocycles. The highest BCUT2D eigenvalue weighted by Gasteiger charge is 2.33. The Morgan fingerprint density at radius 1 is 1.24 bits per heavy atom. The van der Waals surface area contributed by atoms with Crippen LogP contribution in [0.25, 0.3) is 0 Å². The minimum absolute atomic E-state index is 0.0474. The molecular formula is C15H27N3O3. The van der Waals surface area contributed by atoms with E-state index in [4.69, 9.17) is 0 Å². The van der Waals surface area contributed by atoms with Crippen molar-refractivity contribution < 1.29 is 14.7 Å². The van der Waals surface area contributed by atoms with Crippen LogP contribution in [0.2, 0.25) is 0 Å². The summed E-state index contributed by atoms with van der Waals surface area (Å²) in [5.74, 6) is -0.939. The van der Waals surface area contributed by atoms with Crippen molar-refractivity contribution in [1.82, 2.24) is 15.1 Å². The van der Waals surface area contributed by atoms with E-state index in [9.17, 15) is 14.7 Å². The minimum Gasteiger partial charge on any atom is -0.481 e. The standard InChI is InChI=1S/C15H27N3O3/c1-11-10-17(2)7-4-8-18(11)15(21)16-9-12-5-3-6-13(12)14(19)20/h11-13H,3-10H2,1-2H3,(H,16,21)(H,19,20). The molecule has 1 aliphatic carbocycles. The number of hydrogen-bond donors (Lipinski definition) is 2. The Hall–Kier alpha value is -1.30. The van der Waals surface area contributed by atoms with E-state index in [1.165, 1.54) is 0 Å². The zero-order chi connectivity index (χ0) is 15.4. The van der Waals surface area contributed by atoms with Crippen LogP contribution >= 0.6 is 0 Å². The lowest BCUT2D eigenvalue weighted by Crippen LogP contribution is -2.48. The molecule has 1 saturated heterocycles. The van der Waals surface area contributed by atoms with Gasteiger partial charge in [0.15, 0.2) is 0 Å². The lowest BCUT2D eigenvalue weighted by atomic mass is 9.96. The molecule has 2 aliphatic rings. The van der Waals surface area contributed by atoms with E-state index >= 15 is 0 Å². The van der Waals surface area contributed by atoms with Crippen molar-refractivity contribution in [3.8, 4) is 0 Å². The van der Waals surface area contributed by atoms with Gasteiger partial charge in [-0.15, -0.1) is 0 Å². The molecule has 3 unspecified atom stereocenters. The van der Waals surface area contributed by atoms with Crippen molar-refractivity contribution >= 4 is 12.0 Å². The first-order chi connectivity index (χ1) is 9.99. The minimum atomic E-state index is -0.725. The summed E-state index contributed by atoms with van der Waals surface area (Å²) in [5.41, 5.74) is 0. The van der Waals surface area contributed by atoms with Crippen LogP contribution < -0.4 is 5.32 Å². The Kier molecular flexibility index (Phi) is 5.45. The molecule has 6 nitrogen and oxygen atoms in total. The molecule has 1 heterocycles. The largest absolute Gasteiger partial charge is 0.481 e. The molecule has 0 aromatic carbocycles. The number of aliphatic carboxylic acids is 1. The first-order valence-corrected chi connectivity index (χ1v) is 7.95. The molecule has 1 aliphatic heterocycles. The van der Waals surface area contributed by atoms with Gasteiger partial charge >= 0.3 is 12.0 Å². The quantitative estimate of drug-likeness (QED) is 0.821. The van der Waals surface area contributed by atoms with Gasteiger partial charge in [0.25, 0.3) is 0 Å². The van der Waals surface area contributed by atoms with Gasteiger partial charge in [0.1, 0.15) is 0 Å². The fourth-order valence-corrected chi connectivity index (χ4v) is 3.60. The number of carbonyl (C=O) groups excluding carboxylic acids is 1. The van der Waals surface area contributed by atoms with Gasteiger partial charge in [0.05, 0.1) is 5.92 Å². The number of hydrogen-bond acceptors (Lipinski definition) is 3. The molecule has 6 heteroatoms. The second-order valence-corrected chi connectivity index (χ2v) is 6.48. The van der Waals surface area contributed by atoms with E-state index in [1.807, 2.05) is 4.90 Å². The lowest BCUT2D eigenvalue weighted by molar-refractivity contribution is -0.142. The topological polar surface area (TPSA) is 72.9 Å². The maximum Gasteiger partial charge on any atom is 0.317 e. The Morgan fingerprint density at radius 3 is 2.71 bits per heavy atom. The number of nitrogens with one attached hydrogen (secondary N) is 1. The summed E-state index contributed by atoms with van der Waals surface area (Å²) in [6.07, 6.45) is 3.56. The molecule has 0 radical (unpaired) electrons. The number of likely N-dealkylation sites (N-methyl/N-ethyl adjacent to an activating group) is 1. The third-order valence-electron chi connectivity index (χ3n) is 4.80. The summed E-state index contributed by atoms with van der Waals surface area (Å²) in [7, 11) is 2.08. The first-order valence-electron chi connectivity index (χ1n) is 7.95. The van der Waals surface area contributed by atoms with Gasteiger partial charge in [-0.3, -0.25) is 4.79 Å². The molecule has 21 heavy (non-hydrogen) atoms. The van der Waals surface area contributed by atoms with Gasteiger partial charge in [0, 0.05) is 25.7 Å². The average Bonchev–Trinajstić information content (AvgIpc) is 2.82. The highest BCUT2D eigenvalue weighted by molar-refractivity contribution is 5.75. The van der Waals surface area contributed by atoms with E-state index in [1.54, 1.807) is 0 Å². The van der Waals surface area contributed by atoms with Crippen molar-refractivity contribution in [2.45, 2.75) is 38.6 Å². The fourth-order valence-electron chi connectivity index (χ4n) is 3.60. The summed E-state index contributed by atoms with van der Waals surface area (Å²) >= 11 is 0. The number of amides is 2. The molecule has 2 fully saturated rings. The average molecular weight is 297 g/mol. The predicted molar refractivity (Wildman–Crippen MR) is 80.1 cm³/mol. The van der Waals surface area contributed by atoms with Crippen LogP contribution in [0, 0.1) is 11.8 Å².